The van der Waals surface area contributed by atoms with Crippen LogP contribution in [-0.4, -0.2) is 40.7 Å². The molecule has 6 heteroatoms. The molecule has 0 saturated carbocycles. The maximum absolute atomic E-state index is 12.2. The first-order valence-corrected chi connectivity index (χ1v) is 8.64. The van der Waals surface area contributed by atoms with Gasteiger partial charge in [-0.1, -0.05) is 30.3 Å². The van der Waals surface area contributed by atoms with Crippen molar-refractivity contribution in [2.75, 3.05) is 19.7 Å². The summed E-state index contributed by atoms with van der Waals surface area (Å²) >= 11 is 1.62. The van der Waals surface area contributed by atoms with Crippen molar-refractivity contribution < 1.29 is 9.90 Å². The summed E-state index contributed by atoms with van der Waals surface area (Å²) in [5, 5.41) is 13.1. The molecular formula is C17H21N3O2S. The number of benzene rings is 1. The highest BCUT2D eigenvalue weighted by Gasteiger charge is 2.25. The Balaban J connectivity index is 1.61. The van der Waals surface area contributed by atoms with E-state index in [1.165, 1.54) is 0 Å². The summed E-state index contributed by atoms with van der Waals surface area (Å²) in [7, 11) is 0. The molecule has 1 aliphatic rings. The van der Waals surface area contributed by atoms with Crippen LogP contribution in [0.4, 0.5) is 4.79 Å². The number of carbonyl (C=O) groups excluding carboxylic acids is 1. The zero-order valence-corrected chi connectivity index (χ0v) is 14.0. The number of nitrogens with zero attached hydrogens (tertiary/aromatic N) is 2. The van der Waals surface area contributed by atoms with Crippen molar-refractivity contribution in [3.05, 3.63) is 40.9 Å². The van der Waals surface area contributed by atoms with Crippen molar-refractivity contribution >= 4 is 17.4 Å². The van der Waals surface area contributed by atoms with Gasteiger partial charge in [0.05, 0.1) is 12.2 Å². The molecule has 3 rings (SSSR count). The van der Waals surface area contributed by atoms with Gasteiger partial charge in [0, 0.05) is 36.1 Å². The van der Waals surface area contributed by atoms with Crippen LogP contribution < -0.4 is 5.32 Å². The number of nitrogens with one attached hydrogen (secondary N) is 1. The SMILES string of the molecule is Cc1nc(-c2ccccc2)sc1CNC(=O)N1CCC(CO)C1. The fourth-order valence-electron chi connectivity index (χ4n) is 2.73. The molecule has 1 aromatic carbocycles. The third-order valence-corrected chi connectivity index (χ3v) is 5.35. The number of urea groups is 1. The van der Waals surface area contributed by atoms with Gasteiger partial charge in [-0.2, -0.15) is 0 Å². The number of aliphatic hydroxyl groups excluding tert-OH is 1. The van der Waals surface area contributed by atoms with Crippen molar-refractivity contribution in [3.8, 4) is 10.6 Å². The van der Waals surface area contributed by atoms with E-state index < -0.39 is 0 Å². The molecule has 2 aromatic rings. The lowest BCUT2D eigenvalue weighted by molar-refractivity contribution is 0.198. The first kappa shape index (κ1) is 16.0. The van der Waals surface area contributed by atoms with Crippen LogP contribution in [0, 0.1) is 12.8 Å². The summed E-state index contributed by atoms with van der Waals surface area (Å²) in [6, 6.07) is 10.0. The summed E-state index contributed by atoms with van der Waals surface area (Å²) in [4.78, 5) is 19.6. The molecule has 1 fully saturated rings. The predicted molar refractivity (Wildman–Crippen MR) is 91.3 cm³/mol. The summed E-state index contributed by atoms with van der Waals surface area (Å²) in [6.07, 6.45) is 0.877. The molecule has 2 heterocycles. The molecule has 122 valence electrons. The quantitative estimate of drug-likeness (QED) is 0.905. The van der Waals surface area contributed by atoms with Crippen molar-refractivity contribution in [2.24, 2.45) is 5.92 Å². The number of amides is 2. The van der Waals surface area contributed by atoms with Gasteiger partial charge in [-0.3, -0.25) is 0 Å². The van der Waals surface area contributed by atoms with Gasteiger partial charge in [-0.15, -0.1) is 11.3 Å². The number of aliphatic hydroxyl groups is 1. The van der Waals surface area contributed by atoms with E-state index >= 15 is 0 Å². The predicted octanol–water partition coefficient (Wildman–Crippen LogP) is 2.64. The van der Waals surface area contributed by atoms with E-state index in [0.29, 0.717) is 19.6 Å². The van der Waals surface area contributed by atoms with Gasteiger partial charge in [0.2, 0.25) is 0 Å². The minimum Gasteiger partial charge on any atom is -0.396 e. The lowest BCUT2D eigenvalue weighted by atomic mass is 10.1. The average Bonchev–Trinajstić information content (AvgIpc) is 3.20. The molecule has 2 amide bonds. The maximum atomic E-state index is 12.2. The van der Waals surface area contributed by atoms with Gasteiger partial charge in [-0.05, 0) is 13.3 Å². The van der Waals surface area contributed by atoms with Crippen molar-refractivity contribution in [1.82, 2.24) is 15.2 Å². The van der Waals surface area contributed by atoms with Gasteiger partial charge in [0.25, 0.3) is 0 Å². The van der Waals surface area contributed by atoms with Crippen molar-refractivity contribution in [3.63, 3.8) is 0 Å². The number of rotatable bonds is 4. The van der Waals surface area contributed by atoms with Gasteiger partial charge in [0.15, 0.2) is 0 Å². The molecule has 1 aliphatic heterocycles. The molecule has 0 aliphatic carbocycles. The van der Waals surface area contributed by atoms with Crippen LogP contribution in [0.5, 0.6) is 0 Å². The smallest absolute Gasteiger partial charge is 0.317 e. The normalized spacial score (nSPS) is 17.5. The number of aryl methyl sites for hydroxylation is 1. The molecule has 0 bridgehead atoms. The monoisotopic (exact) mass is 331 g/mol. The third kappa shape index (κ3) is 3.71. The van der Waals surface area contributed by atoms with Gasteiger partial charge in [-0.25, -0.2) is 9.78 Å². The first-order chi connectivity index (χ1) is 11.2. The summed E-state index contributed by atoms with van der Waals surface area (Å²) in [6.45, 7) is 3.98. The lowest BCUT2D eigenvalue weighted by Crippen LogP contribution is -2.38. The molecule has 23 heavy (non-hydrogen) atoms. The lowest BCUT2D eigenvalue weighted by Gasteiger charge is -2.16. The Labute approximate surface area is 140 Å². The van der Waals surface area contributed by atoms with Crippen molar-refractivity contribution in [1.29, 1.82) is 0 Å². The fourth-order valence-corrected chi connectivity index (χ4v) is 3.74. The highest BCUT2D eigenvalue weighted by molar-refractivity contribution is 7.15. The van der Waals surface area contributed by atoms with Gasteiger partial charge >= 0.3 is 6.03 Å². The number of likely N-dealkylation sites (tertiary alicyclic amines) is 1. The van der Waals surface area contributed by atoms with Crippen LogP contribution in [0.1, 0.15) is 17.0 Å². The zero-order valence-electron chi connectivity index (χ0n) is 13.2. The first-order valence-electron chi connectivity index (χ1n) is 7.82. The Morgan fingerprint density at radius 1 is 1.43 bits per heavy atom. The molecule has 0 radical (unpaired) electrons. The minimum atomic E-state index is -0.0602. The van der Waals surface area contributed by atoms with E-state index in [2.05, 4.69) is 10.3 Å². The van der Waals surface area contributed by atoms with E-state index in [9.17, 15) is 4.79 Å². The Hall–Kier alpha value is -1.92. The zero-order chi connectivity index (χ0) is 16.2. The van der Waals surface area contributed by atoms with Gasteiger partial charge in [0.1, 0.15) is 5.01 Å². The highest BCUT2D eigenvalue weighted by Crippen LogP contribution is 2.27. The van der Waals surface area contributed by atoms with E-state index in [-0.39, 0.29) is 18.6 Å². The van der Waals surface area contributed by atoms with Crippen LogP contribution >= 0.6 is 11.3 Å². The largest absolute Gasteiger partial charge is 0.396 e. The molecule has 1 atom stereocenters. The standard InChI is InChI=1S/C17H21N3O2S/c1-12-15(23-16(19-12)14-5-3-2-4-6-14)9-18-17(22)20-8-7-13(10-20)11-21/h2-6,13,21H,7-11H2,1H3,(H,18,22). The minimum absolute atomic E-state index is 0.0602. The molecule has 5 nitrogen and oxygen atoms in total. The van der Waals surface area contributed by atoms with Crippen molar-refractivity contribution in [2.45, 2.75) is 19.9 Å². The average molecular weight is 331 g/mol. The van der Waals surface area contributed by atoms with E-state index in [1.54, 1.807) is 16.2 Å². The van der Waals surface area contributed by atoms with Crippen LogP contribution in [-0.2, 0) is 6.54 Å². The molecule has 0 spiro atoms. The number of carbonyl (C=O) groups is 1. The molecule has 1 saturated heterocycles. The summed E-state index contributed by atoms with van der Waals surface area (Å²) in [5.41, 5.74) is 2.06. The van der Waals surface area contributed by atoms with Crippen LogP contribution in [0.3, 0.4) is 0 Å². The number of hydrogen-bond donors (Lipinski definition) is 2. The Morgan fingerprint density at radius 2 is 2.22 bits per heavy atom. The summed E-state index contributed by atoms with van der Waals surface area (Å²) < 4.78 is 0. The van der Waals surface area contributed by atoms with E-state index in [1.807, 2.05) is 37.3 Å². The van der Waals surface area contributed by atoms with Gasteiger partial charge < -0.3 is 15.3 Å². The maximum Gasteiger partial charge on any atom is 0.317 e. The Bertz CT molecular complexity index is 672. The Kier molecular flexibility index (Phi) is 4.93. The van der Waals surface area contributed by atoms with Crippen LogP contribution in [0.15, 0.2) is 30.3 Å². The molecule has 2 N–H and O–H groups in total. The van der Waals surface area contributed by atoms with E-state index in [0.717, 1.165) is 27.6 Å². The molecule has 1 unspecified atom stereocenters. The number of hydrogen-bond acceptors (Lipinski definition) is 4. The highest BCUT2D eigenvalue weighted by atomic mass is 32.1. The topological polar surface area (TPSA) is 65.5 Å². The summed E-state index contributed by atoms with van der Waals surface area (Å²) in [5.74, 6) is 0.218. The number of aromatic nitrogens is 1. The number of thiazole rings is 1. The Morgan fingerprint density at radius 3 is 2.91 bits per heavy atom. The third-order valence-electron chi connectivity index (χ3n) is 4.14. The second-order valence-electron chi connectivity index (χ2n) is 5.84. The molecular weight excluding hydrogens is 310 g/mol. The second-order valence-corrected chi connectivity index (χ2v) is 6.92. The molecule has 1 aromatic heterocycles. The second kappa shape index (κ2) is 7.10. The van der Waals surface area contributed by atoms with E-state index in [4.69, 9.17) is 5.11 Å². The van der Waals surface area contributed by atoms with Crippen LogP contribution in [0.2, 0.25) is 0 Å². The fraction of sp³-hybridized carbons (Fsp3) is 0.412. The van der Waals surface area contributed by atoms with Crippen LogP contribution in [0.25, 0.3) is 10.6 Å².